The smallest absolute Gasteiger partial charge is 0.270 e. The van der Waals surface area contributed by atoms with E-state index in [1.807, 2.05) is 29.7 Å². The van der Waals surface area contributed by atoms with Gasteiger partial charge >= 0.3 is 0 Å². The van der Waals surface area contributed by atoms with E-state index in [0.717, 1.165) is 11.1 Å². The largest absolute Gasteiger partial charge is 0.479 e. The van der Waals surface area contributed by atoms with Crippen molar-refractivity contribution in [3.05, 3.63) is 52.4 Å². The van der Waals surface area contributed by atoms with Crippen LogP contribution in [-0.4, -0.2) is 41.9 Å². The summed E-state index contributed by atoms with van der Waals surface area (Å²) in [6.07, 6.45) is -1.90. The molecule has 4 rings (SSSR count). The maximum absolute atomic E-state index is 11.6. The number of fused-ring (bicyclic) bond motifs is 2. The third-order valence-corrected chi connectivity index (χ3v) is 5.86. The summed E-state index contributed by atoms with van der Waals surface area (Å²) in [4.78, 5) is 0.252. The van der Waals surface area contributed by atoms with Crippen LogP contribution in [0.3, 0.4) is 0 Å². The van der Waals surface area contributed by atoms with E-state index >= 15 is 0 Å². The van der Waals surface area contributed by atoms with Gasteiger partial charge in [-0.15, -0.1) is 0 Å². The number of nitrogens with zero attached hydrogens (tertiary/aromatic N) is 1. The van der Waals surface area contributed by atoms with Gasteiger partial charge in [0.2, 0.25) is 0 Å². The number of oxazole rings is 1. The topological polar surface area (TPSA) is 92.0 Å². The van der Waals surface area contributed by atoms with Crippen molar-refractivity contribution in [2.75, 3.05) is 20.0 Å². The Hall–Kier alpha value is -2.39. The van der Waals surface area contributed by atoms with E-state index in [4.69, 9.17) is 36.6 Å². The third-order valence-electron chi connectivity index (χ3n) is 5.58. The van der Waals surface area contributed by atoms with Gasteiger partial charge in [-0.05, 0) is 55.9 Å². The molecular formula is C21H24N2O5S. The predicted molar refractivity (Wildman–Crippen MR) is 112 cm³/mol. The average molecular weight is 416 g/mol. The van der Waals surface area contributed by atoms with Gasteiger partial charge in [0, 0.05) is 25.5 Å². The first kappa shape index (κ1) is 19.9. The van der Waals surface area contributed by atoms with Crippen LogP contribution in [0.15, 0.2) is 40.8 Å². The molecule has 1 aliphatic rings. The minimum atomic E-state index is -1.21. The molecule has 0 unspecified atom stereocenters. The molecule has 0 aliphatic carbocycles. The number of para-hydroxylation sites is 1. The van der Waals surface area contributed by atoms with Crippen LogP contribution in [0.1, 0.15) is 24.1 Å². The van der Waals surface area contributed by atoms with Gasteiger partial charge in [0.1, 0.15) is 11.9 Å². The van der Waals surface area contributed by atoms with Gasteiger partial charge in [0.05, 0.1) is 11.6 Å². The summed E-state index contributed by atoms with van der Waals surface area (Å²) in [5.41, 5.74) is 8.55. The molecule has 0 spiro atoms. The van der Waals surface area contributed by atoms with E-state index in [2.05, 4.69) is 0 Å². The number of aryl methyl sites for hydroxylation is 1. The highest BCUT2D eigenvalue weighted by molar-refractivity contribution is 7.71. The molecule has 0 saturated carbocycles. The number of benzene rings is 2. The van der Waals surface area contributed by atoms with Crippen LogP contribution in [0.4, 0.5) is 5.69 Å². The first-order chi connectivity index (χ1) is 13.8. The lowest BCUT2D eigenvalue weighted by molar-refractivity contribution is -0.238. The van der Waals surface area contributed by atoms with Crippen molar-refractivity contribution in [3.63, 3.8) is 0 Å². The third kappa shape index (κ3) is 2.95. The Morgan fingerprint density at radius 3 is 2.66 bits per heavy atom. The van der Waals surface area contributed by atoms with Gasteiger partial charge in [-0.3, -0.25) is 4.57 Å². The molecule has 0 bridgehead atoms. The standard InChI is InChI=1S/C21H24N2O5S/c1-11-6-5-7-15-16(11)23(20(29)27-15)17-13-10-12(22)8-9-14(13)28-21(2,18(17)24)19(25-3)26-4/h5-10,17-19,24H,22H2,1-4H3/t17-,18-,21-/m1/s1. The van der Waals surface area contributed by atoms with Gasteiger partial charge in [-0.2, -0.15) is 0 Å². The van der Waals surface area contributed by atoms with Crippen molar-refractivity contribution < 1.29 is 23.7 Å². The summed E-state index contributed by atoms with van der Waals surface area (Å²) in [5, 5.41) is 11.6. The summed E-state index contributed by atoms with van der Waals surface area (Å²) in [7, 11) is 3.01. The van der Waals surface area contributed by atoms with Crippen LogP contribution in [0.5, 0.6) is 5.75 Å². The Morgan fingerprint density at radius 1 is 1.24 bits per heavy atom. The van der Waals surface area contributed by atoms with Gasteiger partial charge < -0.3 is 29.5 Å². The lowest BCUT2D eigenvalue weighted by Crippen LogP contribution is -2.60. The maximum atomic E-state index is 11.6. The van der Waals surface area contributed by atoms with E-state index in [0.29, 0.717) is 22.6 Å². The summed E-state index contributed by atoms with van der Waals surface area (Å²) >= 11 is 5.56. The van der Waals surface area contributed by atoms with Gasteiger partial charge in [-0.1, -0.05) is 12.1 Å². The van der Waals surface area contributed by atoms with Crippen LogP contribution in [-0.2, 0) is 9.47 Å². The Kier molecular flexibility index (Phi) is 4.90. The number of rotatable bonds is 4. The lowest BCUT2D eigenvalue weighted by atomic mass is 9.84. The van der Waals surface area contributed by atoms with Crippen LogP contribution < -0.4 is 10.5 Å². The molecule has 3 atom stereocenters. The molecule has 3 aromatic rings. The van der Waals surface area contributed by atoms with Gasteiger partial charge in [-0.25, -0.2) is 0 Å². The van der Waals surface area contributed by atoms with Crippen LogP contribution >= 0.6 is 12.2 Å². The second-order valence-corrected chi connectivity index (χ2v) is 7.79. The fraction of sp³-hybridized carbons (Fsp3) is 0.381. The molecule has 7 nitrogen and oxygen atoms in total. The monoisotopic (exact) mass is 416 g/mol. The number of aliphatic hydroxyl groups excluding tert-OH is 1. The fourth-order valence-electron chi connectivity index (χ4n) is 4.21. The molecule has 154 valence electrons. The summed E-state index contributed by atoms with van der Waals surface area (Å²) in [6, 6.07) is 10.4. The second kappa shape index (κ2) is 7.14. The van der Waals surface area contributed by atoms with Gasteiger partial charge in [0.15, 0.2) is 17.5 Å². The van der Waals surface area contributed by atoms with E-state index in [1.165, 1.54) is 14.2 Å². The van der Waals surface area contributed by atoms with E-state index in [1.54, 1.807) is 25.1 Å². The van der Waals surface area contributed by atoms with Crippen molar-refractivity contribution in [3.8, 4) is 5.75 Å². The number of nitrogen functional groups attached to an aromatic ring is 1. The highest BCUT2D eigenvalue weighted by Crippen LogP contribution is 2.46. The van der Waals surface area contributed by atoms with E-state index < -0.39 is 24.0 Å². The van der Waals surface area contributed by atoms with Crippen LogP contribution in [0.2, 0.25) is 0 Å². The number of methoxy groups -OCH3 is 2. The molecule has 29 heavy (non-hydrogen) atoms. The van der Waals surface area contributed by atoms with Crippen LogP contribution in [0.25, 0.3) is 11.1 Å². The van der Waals surface area contributed by atoms with Crippen molar-refractivity contribution in [1.29, 1.82) is 0 Å². The highest BCUT2D eigenvalue weighted by atomic mass is 32.1. The SMILES string of the molecule is COC(OC)[C@]1(C)Oc2ccc(N)cc2[C@@H](n2c(=S)oc3cccc(C)c32)[C@H]1O. The molecule has 8 heteroatoms. The number of hydrogen-bond acceptors (Lipinski definition) is 7. The second-order valence-electron chi connectivity index (χ2n) is 7.44. The van der Waals surface area contributed by atoms with Crippen molar-refractivity contribution >= 4 is 29.0 Å². The Morgan fingerprint density at radius 2 is 1.97 bits per heavy atom. The first-order valence-corrected chi connectivity index (χ1v) is 9.65. The number of aliphatic hydroxyl groups is 1. The maximum Gasteiger partial charge on any atom is 0.270 e. The zero-order valence-electron chi connectivity index (χ0n) is 16.7. The minimum Gasteiger partial charge on any atom is -0.479 e. The molecule has 1 aliphatic heterocycles. The van der Waals surface area contributed by atoms with E-state index in [9.17, 15) is 5.11 Å². The molecule has 2 aromatic carbocycles. The molecular weight excluding hydrogens is 392 g/mol. The number of nitrogens with two attached hydrogens (primary N) is 1. The average Bonchev–Trinajstić information content (AvgIpc) is 3.01. The Labute approximate surface area is 173 Å². The normalized spacial score (nSPS) is 23.9. The van der Waals surface area contributed by atoms with Gasteiger partial charge in [0.25, 0.3) is 4.84 Å². The number of ether oxygens (including phenoxy) is 3. The predicted octanol–water partition coefficient (Wildman–Crippen LogP) is 3.57. The van der Waals surface area contributed by atoms with Crippen LogP contribution in [0, 0.1) is 11.8 Å². The molecule has 0 amide bonds. The molecule has 0 radical (unpaired) electrons. The van der Waals surface area contributed by atoms with E-state index in [-0.39, 0.29) is 4.84 Å². The van der Waals surface area contributed by atoms with Crippen molar-refractivity contribution in [2.24, 2.45) is 0 Å². The van der Waals surface area contributed by atoms with Crippen molar-refractivity contribution in [2.45, 2.75) is 37.9 Å². The molecule has 2 heterocycles. The lowest BCUT2D eigenvalue weighted by Gasteiger charge is -2.46. The fourth-order valence-corrected chi connectivity index (χ4v) is 4.51. The molecule has 0 fully saturated rings. The minimum absolute atomic E-state index is 0.252. The zero-order valence-corrected chi connectivity index (χ0v) is 17.5. The number of hydrogen-bond donors (Lipinski definition) is 2. The Bertz CT molecular complexity index is 1120. The number of anilines is 1. The highest BCUT2D eigenvalue weighted by Gasteiger charge is 2.53. The molecule has 3 N–H and O–H groups in total. The zero-order chi connectivity index (χ0) is 20.9. The summed E-state index contributed by atoms with van der Waals surface area (Å²) in [5.74, 6) is 0.570. The first-order valence-electron chi connectivity index (χ1n) is 9.24. The van der Waals surface area contributed by atoms with Crippen molar-refractivity contribution in [1.82, 2.24) is 4.57 Å². The quantitative estimate of drug-likeness (QED) is 0.382. The molecule has 1 aromatic heterocycles. The summed E-state index contributed by atoms with van der Waals surface area (Å²) in [6.45, 7) is 3.72. The Balaban J connectivity index is 2.03. The number of aromatic nitrogens is 1. The summed E-state index contributed by atoms with van der Waals surface area (Å²) < 4.78 is 24.8. The molecule has 0 saturated heterocycles.